The standard InChI is InChI=1S/C12H12Cl4O/c1-3-4-6(2)12(17)9-7(13)5-8(14)10(15)11(9)16/h5-6H,3-4H2,1-2H3. The summed E-state index contributed by atoms with van der Waals surface area (Å²) in [5, 5.41) is 0.806. The van der Waals surface area contributed by atoms with Crippen molar-refractivity contribution in [1.29, 1.82) is 0 Å². The molecular formula is C12H12Cl4O. The Labute approximate surface area is 121 Å². The van der Waals surface area contributed by atoms with Gasteiger partial charge in [0, 0.05) is 5.92 Å². The Bertz CT molecular complexity index is 443. The zero-order valence-corrected chi connectivity index (χ0v) is 12.5. The molecule has 94 valence electrons. The summed E-state index contributed by atoms with van der Waals surface area (Å²) < 4.78 is 0. The third-order valence-corrected chi connectivity index (χ3v) is 4.09. The van der Waals surface area contributed by atoms with E-state index in [2.05, 4.69) is 0 Å². The van der Waals surface area contributed by atoms with Crippen molar-refractivity contribution in [1.82, 2.24) is 0 Å². The van der Waals surface area contributed by atoms with E-state index >= 15 is 0 Å². The van der Waals surface area contributed by atoms with Gasteiger partial charge in [0.2, 0.25) is 0 Å². The number of carbonyl (C=O) groups excluding carboxylic acids is 1. The number of Topliss-reactive ketones (excluding diaryl/α,β-unsaturated/α-hetero) is 1. The van der Waals surface area contributed by atoms with E-state index in [-0.39, 0.29) is 37.4 Å². The molecule has 1 atom stereocenters. The highest BCUT2D eigenvalue weighted by molar-refractivity contribution is 6.51. The fraction of sp³-hybridized carbons (Fsp3) is 0.417. The molecule has 0 heterocycles. The summed E-state index contributed by atoms with van der Waals surface area (Å²) in [6, 6.07) is 1.45. The third kappa shape index (κ3) is 3.29. The van der Waals surface area contributed by atoms with Crippen molar-refractivity contribution in [2.45, 2.75) is 26.7 Å². The average molecular weight is 314 g/mol. The quantitative estimate of drug-likeness (QED) is 0.383. The molecule has 0 N–H and O–H groups in total. The van der Waals surface area contributed by atoms with Gasteiger partial charge >= 0.3 is 0 Å². The van der Waals surface area contributed by atoms with Crippen molar-refractivity contribution in [3.63, 3.8) is 0 Å². The topological polar surface area (TPSA) is 17.1 Å². The summed E-state index contributed by atoms with van der Waals surface area (Å²) >= 11 is 23.7. The number of ketones is 1. The minimum absolute atomic E-state index is 0.0968. The first-order valence-electron chi connectivity index (χ1n) is 5.27. The molecule has 0 aromatic heterocycles. The van der Waals surface area contributed by atoms with E-state index in [4.69, 9.17) is 46.4 Å². The minimum atomic E-state index is -0.132. The second kappa shape index (κ2) is 6.29. The molecule has 0 aliphatic carbocycles. The molecule has 0 amide bonds. The highest BCUT2D eigenvalue weighted by Crippen LogP contribution is 2.38. The third-order valence-electron chi connectivity index (χ3n) is 2.53. The van der Waals surface area contributed by atoms with Gasteiger partial charge in [-0.15, -0.1) is 0 Å². The molecule has 1 nitrogen and oxygen atoms in total. The van der Waals surface area contributed by atoms with Crippen LogP contribution in [-0.4, -0.2) is 5.78 Å². The smallest absolute Gasteiger partial charge is 0.168 e. The van der Waals surface area contributed by atoms with Crippen LogP contribution >= 0.6 is 46.4 Å². The Morgan fingerprint density at radius 2 is 1.76 bits per heavy atom. The molecule has 0 saturated heterocycles. The van der Waals surface area contributed by atoms with Gasteiger partial charge in [-0.05, 0) is 12.5 Å². The van der Waals surface area contributed by atoms with Crippen molar-refractivity contribution in [3.8, 4) is 0 Å². The lowest BCUT2D eigenvalue weighted by atomic mass is 9.95. The van der Waals surface area contributed by atoms with Gasteiger partial charge in [0.25, 0.3) is 0 Å². The Morgan fingerprint density at radius 3 is 2.29 bits per heavy atom. The monoisotopic (exact) mass is 312 g/mol. The van der Waals surface area contributed by atoms with Crippen molar-refractivity contribution < 1.29 is 4.79 Å². The summed E-state index contributed by atoms with van der Waals surface area (Å²) in [6.07, 6.45) is 1.70. The summed E-state index contributed by atoms with van der Waals surface area (Å²) in [4.78, 5) is 12.2. The largest absolute Gasteiger partial charge is 0.294 e. The van der Waals surface area contributed by atoms with Crippen LogP contribution in [0.2, 0.25) is 20.1 Å². The molecule has 0 bridgehead atoms. The van der Waals surface area contributed by atoms with Gasteiger partial charge in [-0.1, -0.05) is 66.7 Å². The van der Waals surface area contributed by atoms with Gasteiger partial charge in [-0.2, -0.15) is 0 Å². The molecule has 1 rings (SSSR count). The van der Waals surface area contributed by atoms with Crippen LogP contribution in [0.5, 0.6) is 0 Å². The SMILES string of the molecule is CCCC(C)C(=O)c1c(Cl)cc(Cl)c(Cl)c1Cl. The maximum Gasteiger partial charge on any atom is 0.168 e. The molecule has 0 saturated carbocycles. The van der Waals surface area contributed by atoms with Crippen LogP contribution < -0.4 is 0 Å². The van der Waals surface area contributed by atoms with E-state index in [0.29, 0.717) is 0 Å². The molecule has 0 spiro atoms. The van der Waals surface area contributed by atoms with E-state index < -0.39 is 0 Å². The maximum absolute atomic E-state index is 12.2. The predicted octanol–water partition coefficient (Wildman–Crippen LogP) is 5.92. The van der Waals surface area contributed by atoms with Crippen LogP contribution in [0.4, 0.5) is 0 Å². The number of rotatable bonds is 4. The predicted molar refractivity (Wildman–Crippen MR) is 74.9 cm³/mol. The van der Waals surface area contributed by atoms with Gasteiger partial charge in [0.05, 0.1) is 25.7 Å². The van der Waals surface area contributed by atoms with Crippen molar-refractivity contribution in [2.75, 3.05) is 0 Å². The zero-order chi connectivity index (χ0) is 13.2. The summed E-state index contributed by atoms with van der Waals surface area (Å²) in [5.74, 6) is -0.229. The fourth-order valence-corrected chi connectivity index (χ4v) is 2.70. The first kappa shape index (κ1) is 15.1. The molecule has 1 unspecified atom stereocenters. The average Bonchev–Trinajstić information content (AvgIpc) is 2.26. The van der Waals surface area contributed by atoms with Crippen LogP contribution in [0.3, 0.4) is 0 Å². The normalized spacial score (nSPS) is 12.6. The lowest BCUT2D eigenvalue weighted by Crippen LogP contribution is -2.12. The van der Waals surface area contributed by atoms with Gasteiger partial charge in [0.1, 0.15) is 0 Å². The Kier molecular flexibility index (Phi) is 5.59. The van der Waals surface area contributed by atoms with E-state index in [9.17, 15) is 4.79 Å². The van der Waals surface area contributed by atoms with E-state index in [1.165, 1.54) is 6.07 Å². The fourth-order valence-electron chi connectivity index (χ4n) is 1.60. The van der Waals surface area contributed by atoms with Crippen LogP contribution in [0.1, 0.15) is 37.0 Å². The first-order chi connectivity index (χ1) is 7.90. The summed E-state index contributed by atoms with van der Waals surface area (Å²) in [7, 11) is 0. The number of halogens is 4. The van der Waals surface area contributed by atoms with E-state index in [1.807, 2.05) is 13.8 Å². The van der Waals surface area contributed by atoms with Gasteiger partial charge in [0.15, 0.2) is 5.78 Å². The molecule has 5 heteroatoms. The van der Waals surface area contributed by atoms with Crippen LogP contribution in [0.15, 0.2) is 6.07 Å². The number of hydrogen-bond donors (Lipinski definition) is 0. The summed E-state index contributed by atoms with van der Waals surface area (Å²) in [6.45, 7) is 3.86. The second-order valence-corrected chi connectivity index (χ2v) is 5.47. The van der Waals surface area contributed by atoms with E-state index in [0.717, 1.165) is 12.8 Å². The second-order valence-electron chi connectivity index (χ2n) is 3.90. The van der Waals surface area contributed by atoms with Crippen LogP contribution in [0, 0.1) is 5.92 Å². The molecule has 0 aliphatic heterocycles. The number of hydrogen-bond acceptors (Lipinski definition) is 1. The zero-order valence-electron chi connectivity index (χ0n) is 9.49. The minimum Gasteiger partial charge on any atom is -0.294 e. The van der Waals surface area contributed by atoms with E-state index in [1.54, 1.807) is 0 Å². The first-order valence-corrected chi connectivity index (χ1v) is 6.78. The lowest BCUT2D eigenvalue weighted by molar-refractivity contribution is 0.0924. The van der Waals surface area contributed by atoms with Gasteiger partial charge in [-0.3, -0.25) is 4.79 Å². The van der Waals surface area contributed by atoms with Crippen LogP contribution in [-0.2, 0) is 0 Å². The number of carbonyl (C=O) groups is 1. The van der Waals surface area contributed by atoms with Crippen molar-refractivity contribution >= 4 is 52.2 Å². The van der Waals surface area contributed by atoms with Gasteiger partial charge in [-0.25, -0.2) is 0 Å². The van der Waals surface area contributed by atoms with Crippen molar-refractivity contribution in [3.05, 3.63) is 31.7 Å². The van der Waals surface area contributed by atoms with Crippen LogP contribution in [0.25, 0.3) is 0 Å². The molecule has 0 radical (unpaired) electrons. The Balaban J connectivity index is 3.23. The Hall–Kier alpha value is 0.0500. The number of benzene rings is 1. The highest BCUT2D eigenvalue weighted by Gasteiger charge is 2.23. The summed E-state index contributed by atoms with van der Waals surface area (Å²) in [5.41, 5.74) is 0.267. The molecular weight excluding hydrogens is 302 g/mol. The molecule has 1 aromatic rings. The van der Waals surface area contributed by atoms with Crippen molar-refractivity contribution in [2.24, 2.45) is 5.92 Å². The molecule has 1 aromatic carbocycles. The lowest BCUT2D eigenvalue weighted by Gasteiger charge is -2.13. The van der Waals surface area contributed by atoms with Gasteiger partial charge < -0.3 is 0 Å². The molecule has 17 heavy (non-hydrogen) atoms. The Morgan fingerprint density at radius 1 is 1.18 bits per heavy atom. The maximum atomic E-state index is 12.2. The highest BCUT2D eigenvalue weighted by atomic mass is 35.5. The molecule has 0 fully saturated rings. The molecule has 0 aliphatic rings.